The summed E-state index contributed by atoms with van der Waals surface area (Å²) in [4.78, 5) is 12.7. The zero-order chi connectivity index (χ0) is 15.7. The number of rotatable bonds is 3. The van der Waals surface area contributed by atoms with Crippen LogP contribution in [0.3, 0.4) is 0 Å². The molecule has 5 heteroatoms. The van der Waals surface area contributed by atoms with Crippen LogP contribution in [0.25, 0.3) is 0 Å². The Bertz CT molecular complexity index is 702. The van der Waals surface area contributed by atoms with Crippen molar-refractivity contribution in [1.29, 1.82) is 0 Å². The van der Waals surface area contributed by atoms with Gasteiger partial charge in [0.25, 0.3) is 0 Å². The largest absolute Gasteiger partial charge is 0.480 e. The monoisotopic (exact) mass is 425 g/mol. The number of hydrogen-bond donors (Lipinski definition) is 2. The summed E-state index contributed by atoms with van der Waals surface area (Å²) in [7, 11) is 0. The first kappa shape index (κ1) is 15.7. The maximum atomic E-state index is 11.4. The molecular formula is C17H16INO2S. The zero-order valence-electron chi connectivity index (χ0n) is 12.0. The third-order valence-electron chi connectivity index (χ3n) is 4.01. The zero-order valence-corrected chi connectivity index (χ0v) is 15.0. The Labute approximate surface area is 147 Å². The molecule has 0 spiro atoms. The van der Waals surface area contributed by atoms with E-state index in [9.17, 15) is 9.90 Å². The average Bonchev–Trinajstić information content (AvgIpc) is 2.54. The maximum absolute atomic E-state index is 11.4. The van der Waals surface area contributed by atoms with Gasteiger partial charge in [-0.1, -0.05) is 12.1 Å². The SMILES string of the molecule is CSc1ccc(C2CC(C(=O)O)Nc3ccc(I)cc32)cc1. The van der Waals surface area contributed by atoms with Crippen LogP contribution in [0, 0.1) is 3.57 Å². The van der Waals surface area contributed by atoms with E-state index in [4.69, 9.17) is 0 Å². The van der Waals surface area contributed by atoms with E-state index >= 15 is 0 Å². The first-order chi connectivity index (χ1) is 10.6. The van der Waals surface area contributed by atoms with Gasteiger partial charge in [-0.25, -0.2) is 4.79 Å². The minimum absolute atomic E-state index is 0.114. The van der Waals surface area contributed by atoms with Crippen molar-refractivity contribution in [2.45, 2.75) is 23.3 Å². The van der Waals surface area contributed by atoms with Crippen LogP contribution >= 0.6 is 34.4 Å². The van der Waals surface area contributed by atoms with Crippen LogP contribution < -0.4 is 5.32 Å². The second-order valence-corrected chi connectivity index (χ2v) is 7.45. The van der Waals surface area contributed by atoms with Gasteiger partial charge in [-0.05, 0) is 76.7 Å². The first-order valence-electron chi connectivity index (χ1n) is 7.01. The van der Waals surface area contributed by atoms with Gasteiger partial charge >= 0.3 is 5.97 Å². The van der Waals surface area contributed by atoms with E-state index < -0.39 is 12.0 Å². The number of carboxylic acids is 1. The highest BCUT2D eigenvalue weighted by atomic mass is 127. The molecule has 0 aliphatic carbocycles. The van der Waals surface area contributed by atoms with Gasteiger partial charge in [0.2, 0.25) is 0 Å². The fraction of sp³-hybridized carbons (Fsp3) is 0.235. The summed E-state index contributed by atoms with van der Waals surface area (Å²) in [6, 6.07) is 14.0. The van der Waals surface area contributed by atoms with Gasteiger partial charge in [0.15, 0.2) is 0 Å². The minimum Gasteiger partial charge on any atom is -0.480 e. The summed E-state index contributed by atoms with van der Waals surface area (Å²) >= 11 is 4.01. The van der Waals surface area contributed by atoms with Gasteiger partial charge < -0.3 is 10.4 Å². The number of thioether (sulfide) groups is 1. The lowest BCUT2D eigenvalue weighted by atomic mass is 9.82. The summed E-state index contributed by atoms with van der Waals surface area (Å²) in [5, 5.41) is 12.5. The molecule has 1 aliphatic rings. The number of hydrogen-bond acceptors (Lipinski definition) is 3. The first-order valence-corrected chi connectivity index (χ1v) is 9.31. The Balaban J connectivity index is 2.04. The molecule has 3 rings (SSSR count). The molecule has 1 aliphatic heterocycles. The van der Waals surface area contributed by atoms with E-state index in [1.807, 2.05) is 12.1 Å². The Hall–Kier alpha value is -1.21. The Morgan fingerprint density at radius 3 is 2.64 bits per heavy atom. The Morgan fingerprint density at radius 1 is 1.27 bits per heavy atom. The predicted octanol–water partition coefficient (Wildman–Crippen LogP) is 4.41. The number of nitrogens with one attached hydrogen (secondary N) is 1. The van der Waals surface area contributed by atoms with Crippen molar-refractivity contribution in [3.8, 4) is 0 Å². The van der Waals surface area contributed by atoms with E-state index in [1.165, 1.54) is 16.0 Å². The van der Waals surface area contributed by atoms with Crippen molar-refractivity contribution in [2.75, 3.05) is 11.6 Å². The van der Waals surface area contributed by atoms with Crippen molar-refractivity contribution >= 4 is 46.0 Å². The summed E-state index contributed by atoms with van der Waals surface area (Å²) in [5.74, 6) is -0.682. The number of aliphatic carboxylic acids is 1. The second-order valence-electron chi connectivity index (χ2n) is 5.33. The molecule has 2 N–H and O–H groups in total. The molecule has 2 atom stereocenters. The predicted molar refractivity (Wildman–Crippen MR) is 98.9 cm³/mol. The normalized spacial score (nSPS) is 20.1. The van der Waals surface area contributed by atoms with Gasteiger partial charge in [0, 0.05) is 20.1 Å². The molecule has 0 aromatic heterocycles. The molecule has 0 amide bonds. The van der Waals surface area contributed by atoms with Gasteiger partial charge in [-0.3, -0.25) is 0 Å². The molecule has 22 heavy (non-hydrogen) atoms. The standard InChI is InChI=1S/C17H16INO2S/c1-22-12-5-2-10(3-6-12)13-9-16(17(20)21)19-15-7-4-11(18)8-14(13)15/h2-8,13,16,19H,9H2,1H3,(H,20,21). The van der Waals surface area contributed by atoms with Crippen molar-refractivity contribution in [1.82, 2.24) is 0 Å². The quantitative estimate of drug-likeness (QED) is 0.565. The van der Waals surface area contributed by atoms with Crippen molar-refractivity contribution < 1.29 is 9.90 Å². The molecule has 0 saturated carbocycles. The number of benzene rings is 2. The maximum Gasteiger partial charge on any atom is 0.326 e. The summed E-state index contributed by atoms with van der Waals surface area (Å²) < 4.78 is 1.16. The Morgan fingerprint density at radius 2 is 2.00 bits per heavy atom. The van der Waals surface area contributed by atoms with Crippen LogP contribution in [0.5, 0.6) is 0 Å². The molecule has 0 radical (unpaired) electrons. The molecule has 3 nitrogen and oxygen atoms in total. The van der Waals surface area contributed by atoms with Crippen LogP contribution in [0.2, 0.25) is 0 Å². The molecule has 2 aromatic rings. The smallest absolute Gasteiger partial charge is 0.326 e. The lowest BCUT2D eigenvalue weighted by Crippen LogP contribution is -2.35. The highest BCUT2D eigenvalue weighted by molar-refractivity contribution is 14.1. The molecular weight excluding hydrogens is 409 g/mol. The lowest BCUT2D eigenvalue weighted by Gasteiger charge is -2.31. The summed E-state index contributed by atoms with van der Waals surface area (Å²) in [6.07, 6.45) is 2.62. The van der Waals surface area contributed by atoms with E-state index in [0.29, 0.717) is 6.42 Å². The van der Waals surface area contributed by atoms with Gasteiger partial charge in [-0.15, -0.1) is 11.8 Å². The molecule has 1 heterocycles. The molecule has 0 bridgehead atoms. The van der Waals surface area contributed by atoms with Gasteiger partial charge in [0.1, 0.15) is 6.04 Å². The van der Waals surface area contributed by atoms with Crippen LogP contribution in [-0.2, 0) is 4.79 Å². The number of anilines is 1. The average molecular weight is 425 g/mol. The van der Waals surface area contributed by atoms with E-state index in [-0.39, 0.29) is 5.92 Å². The number of carbonyl (C=O) groups is 1. The van der Waals surface area contributed by atoms with Crippen LogP contribution in [-0.4, -0.2) is 23.4 Å². The third kappa shape index (κ3) is 3.10. The highest BCUT2D eigenvalue weighted by Crippen LogP contribution is 2.39. The lowest BCUT2D eigenvalue weighted by molar-refractivity contribution is -0.138. The van der Waals surface area contributed by atoms with E-state index in [2.05, 4.69) is 64.5 Å². The van der Waals surface area contributed by atoms with Crippen molar-refractivity contribution in [3.05, 3.63) is 57.2 Å². The van der Waals surface area contributed by atoms with Crippen molar-refractivity contribution in [3.63, 3.8) is 0 Å². The fourth-order valence-corrected chi connectivity index (χ4v) is 3.80. The summed E-state index contributed by atoms with van der Waals surface area (Å²) in [5.41, 5.74) is 3.29. The fourth-order valence-electron chi connectivity index (χ4n) is 2.88. The number of fused-ring (bicyclic) bond motifs is 1. The molecule has 0 fully saturated rings. The van der Waals surface area contributed by atoms with E-state index in [0.717, 1.165) is 9.26 Å². The topological polar surface area (TPSA) is 49.3 Å². The third-order valence-corrected chi connectivity index (χ3v) is 5.42. The molecule has 114 valence electrons. The van der Waals surface area contributed by atoms with Gasteiger partial charge in [0.05, 0.1) is 0 Å². The van der Waals surface area contributed by atoms with Crippen LogP contribution in [0.4, 0.5) is 5.69 Å². The molecule has 0 saturated heterocycles. The van der Waals surface area contributed by atoms with Gasteiger partial charge in [-0.2, -0.15) is 0 Å². The number of carboxylic acid groups (broad SMARTS) is 1. The van der Waals surface area contributed by atoms with E-state index in [1.54, 1.807) is 11.8 Å². The van der Waals surface area contributed by atoms with Crippen LogP contribution in [0.1, 0.15) is 23.5 Å². The molecule has 2 unspecified atom stereocenters. The number of halogens is 1. The molecule has 2 aromatic carbocycles. The van der Waals surface area contributed by atoms with Crippen LogP contribution in [0.15, 0.2) is 47.4 Å². The summed E-state index contributed by atoms with van der Waals surface area (Å²) in [6.45, 7) is 0. The highest BCUT2D eigenvalue weighted by Gasteiger charge is 2.31. The minimum atomic E-state index is -0.796. The second kappa shape index (κ2) is 6.50. The van der Waals surface area contributed by atoms with Crippen molar-refractivity contribution in [2.24, 2.45) is 0 Å². The Kier molecular flexibility index (Phi) is 4.63.